The number of aliphatic hydroxyl groups is 1. The van der Waals surface area contributed by atoms with Gasteiger partial charge in [0.2, 0.25) is 0 Å². The highest BCUT2D eigenvalue weighted by Crippen LogP contribution is 2.45. The number of phosphoric ester groups is 2. The monoisotopic (exact) mass is 1400 g/mol. The Kier molecular flexibility index (Phi) is 69.1. The van der Waals surface area contributed by atoms with Crippen molar-refractivity contribution < 1.29 is 80.2 Å². The van der Waals surface area contributed by atoms with Crippen molar-refractivity contribution in [2.45, 2.75) is 425 Å². The molecule has 0 radical (unpaired) electrons. The number of hydrogen-bond acceptors (Lipinski definition) is 15. The van der Waals surface area contributed by atoms with Gasteiger partial charge in [0.25, 0.3) is 0 Å². The predicted molar refractivity (Wildman–Crippen MR) is 386 cm³/mol. The fourth-order valence-electron chi connectivity index (χ4n) is 11.8. The summed E-state index contributed by atoms with van der Waals surface area (Å²) in [4.78, 5) is 72.7. The zero-order chi connectivity index (χ0) is 69.7. The molecular weight excluding hydrogens is 1250 g/mol. The Morgan fingerprint density at radius 3 is 0.621 bits per heavy atom. The van der Waals surface area contributed by atoms with Gasteiger partial charge in [0.05, 0.1) is 26.4 Å². The molecule has 17 nitrogen and oxygen atoms in total. The molecule has 0 aliphatic heterocycles. The number of carbonyl (C=O) groups is 4. The molecule has 0 rings (SSSR count). The number of phosphoric acid groups is 2. The summed E-state index contributed by atoms with van der Waals surface area (Å²) in [5, 5.41) is 10.6. The third-order valence-corrected chi connectivity index (χ3v) is 19.8. The summed E-state index contributed by atoms with van der Waals surface area (Å²) in [7, 11) is -9.90. The van der Waals surface area contributed by atoms with Gasteiger partial charge >= 0.3 is 39.5 Å². The van der Waals surface area contributed by atoms with E-state index in [1.807, 2.05) is 0 Å². The quantitative estimate of drug-likeness (QED) is 0.0222. The van der Waals surface area contributed by atoms with Crippen LogP contribution in [0.2, 0.25) is 0 Å². The number of rotatable bonds is 77. The van der Waals surface area contributed by atoms with Gasteiger partial charge in [-0.15, -0.1) is 0 Å². The molecule has 0 fully saturated rings. The van der Waals surface area contributed by atoms with E-state index in [0.717, 1.165) is 89.9 Å². The van der Waals surface area contributed by atoms with E-state index in [0.29, 0.717) is 25.7 Å². The summed E-state index contributed by atoms with van der Waals surface area (Å²) in [5.41, 5.74) is 0. The maximum atomic E-state index is 13.1. The van der Waals surface area contributed by atoms with Crippen molar-refractivity contribution in [3.63, 3.8) is 0 Å². The van der Waals surface area contributed by atoms with Crippen LogP contribution >= 0.6 is 15.6 Å². The van der Waals surface area contributed by atoms with E-state index in [1.165, 1.54) is 238 Å². The van der Waals surface area contributed by atoms with Gasteiger partial charge in [-0.25, -0.2) is 9.13 Å². The van der Waals surface area contributed by atoms with Crippen LogP contribution < -0.4 is 0 Å². The molecule has 95 heavy (non-hydrogen) atoms. The second-order valence-electron chi connectivity index (χ2n) is 27.4. The van der Waals surface area contributed by atoms with Crippen molar-refractivity contribution in [2.75, 3.05) is 39.6 Å². The fraction of sp³-hybridized carbons (Fsp3) is 0.947. The van der Waals surface area contributed by atoms with Gasteiger partial charge in [0, 0.05) is 25.7 Å². The van der Waals surface area contributed by atoms with E-state index in [4.69, 9.17) is 37.0 Å². The minimum atomic E-state index is -4.96. The molecule has 19 heteroatoms. The number of hydrogen-bond donors (Lipinski definition) is 3. The number of unbranched alkanes of at least 4 members (excludes halogenated alkanes) is 51. The second kappa shape index (κ2) is 70.5. The van der Waals surface area contributed by atoms with Crippen molar-refractivity contribution >= 4 is 39.5 Å². The van der Waals surface area contributed by atoms with Crippen LogP contribution in [0, 0.1) is 0 Å². The molecule has 0 aliphatic rings. The summed E-state index contributed by atoms with van der Waals surface area (Å²) in [6.45, 7) is 4.97. The summed E-state index contributed by atoms with van der Waals surface area (Å²) in [6.07, 6.45) is 61.0. The van der Waals surface area contributed by atoms with Crippen LogP contribution in [0.25, 0.3) is 0 Å². The van der Waals surface area contributed by atoms with Gasteiger partial charge < -0.3 is 33.8 Å². The zero-order valence-electron chi connectivity index (χ0n) is 61.6. The van der Waals surface area contributed by atoms with Crippen molar-refractivity contribution in [1.82, 2.24) is 0 Å². The SMILES string of the molecule is CCCCCCCCCCCCCCCCCCCCC(=O)O[C@H](COC(=O)CCCCCCCCCCCCCCCCCCC)COP(=O)(O)OC[C@@H](O)COP(=O)(O)OC[C@@H](COC(=O)CCCCCCCCCCC)OC(=O)CCCCCCCCCCCCC. The topological polar surface area (TPSA) is 237 Å². The van der Waals surface area contributed by atoms with Crippen LogP contribution in [0.4, 0.5) is 0 Å². The summed E-state index contributed by atoms with van der Waals surface area (Å²) in [6, 6.07) is 0. The van der Waals surface area contributed by atoms with Crippen molar-refractivity contribution in [3.05, 3.63) is 0 Å². The first-order valence-corrected chi connectivity index (χ1v) is 42.8. The zero-order valence-corrected chi connectivity index (χ0v) is 63.4. The largest absolute Gasteiger partial charge is 0.472 e. The maximum absolute atomic E-state index is 13.1. The van der Waals surface area contributed by atoms with Gasteiger partial charge in [-0.3, -0.25) is 37.3 Å². The van der Waals surface area contributed by atoms with E-state index in [2.05, 4.69) is 27.7 Å². The maximum Gasteiger partial charge on any atom is 0.472 e. The van der Waals surface area contributed by atoms with E-state index < -0.39 is 97.5 Å². The van der Waals surface area contributed by atoms with Crippen molar-refractivity contribution in [3.8, 4) is 0 Å². The molecule has 0 amide bonds. The third-order valence-electron chi connectivity index (χ3n) is 17.9. The lowest BCUT2D eigenvalue weighted by Gasteiger charge is -2.21. The average Bonchev–Trinajstić information content (AvgIpc) is 2.30. The molecule has 0 spiro atoms. The Hall–Kier alpha value is -1.94. The Morgan fingerprint density at radius 2 is 0.421 bits per heavy atom. The Balaban J connectivity index is 5.21. The first-order chi connectivity index (χ1) is 46.2. The second-order valence-corrected chi connectivity index (χ2v) is 30.3. The average molecular weight is 1400 g/mol. The molecule has 0 saturated heterocycles. The van der Waals surface area contributed by atoms with Crippen molar-refractivity contribution in [1.29, 1.82) is 0 Å². The van der Waals surface area contributed by atoms with Crippen LogP contribution in [0.3, 0.4) is 0 Å². The molecule has 0 aliphatic carbocycles. The number of aliphatic hydroxyl groups excluding tert-OH is 1. The van der Waals surface area contributed by atoms with Gasteiger partial charge in [0.15, 0.2) is 12.2 Å². The standard InChI is InChI=1S/C76H148O17P2/c1-5-9-13-17-21-25-28-30-32-34-36-38-40-43-47-51-55-59-63-76(81)93-72(67-87-74(79)61-57-53-49-45-42-39-37-35-33-31-29-26-22-18-14-10-6-2)69-91-95(84,85)89-65-70(77)64-88-94(82,83)90-68-71(66-86-73(78)60-56-52-48-44-24-20-16-12-8-4)92-75(80)62-58-54-50-46-41-27-23-19-15-11-7-3/h70-72,77H,5-69H2,1-4H3,(H,82,83)(H,84,85)/t70-,71+,72+/m0/s1. The highest BCUT2D eigenvalue weighted by Gasteiger charge is 2.30. The highest BCUT2D eigenvalue weighted by atomic mass is 31.2. The smallest absolute Gasteiger partial charge is 0.462 e. The number of carbonyl (C=O) groups excluding carboxylic acids is 4. The molecule has 0 aromatic heterocycles. The Bertz CT molecular complexity index is 1810. The molecule has 564 valence electrons. The van der Waals surface area contributed by atoms with Crippen LogP contribution in [-0.2, 0) is 65.4 Å². The molecule has 0 aromatic carbocycles. The van der Waals surface area contributed by atoms with Gasteiger partial charge in [-0.05, 0) is 25.7 Å². The van der Waals surface area contributed by atoms with E-state index in [9.17, 15) is 43.2 Å². The van der Waals surface area contributed by atoms with Gasteiger partial charge in [-0.1, -0.05) is 355 Å². The normalized spacial score (nSPS) is 13.9. The summed E-state index contributed by atoms with van der Waals surface area (Å²) >= 11 is 0. The molecule has 5 atom stereocenters. The Labute approximate surface area is 581 Å². The van der Waals surface area contributed by atoms with Crippen LogP contribution in [0.15, 0.2) is 0 Å². The molecule has 0 bridgehead atoms. The summed E-state index contributed by atoms with van der Waals surface area (Å²) < 4.78 is 68.5. The molecule has 0 heterocycles. The van der Waals surface area contributed by atoms with Gasteiger partial charge in [-0.2, -0.15) is 0 Å². The lowest BCUT2D eigenvalue weighted by Crippen LogP contribution is -2.30. The van der Waals surface area contributed by atoms with E-state index >= 15 is 0 Å². The van der Waals surface area contributed by atoms with Crippen molar-refractivity contribution in [2.24, 2.45) is 0 Å². The molecule has 2 unspecified atom stereocenters. The highest BCUT2D eigenvalue weighted by molar-refractivity contribution is 7.47. The van der Waals surface area contributed by atoms with E-state index in [-0.39, 0.29) is 25.7 Å². The first kappa shape index (κ1) is 93.1. The van der Waals surface area contributed by atoms with E-state index in [1.54, 1.807) is 0 Å². The number of esters is 4. The van der Waals surface area contributed by atoms with Crippen LogP contribution in [0.5, 0.6) is 0 Å². The third kappa shape index (κ3) is 70.3. The molecule has 3 N–H and O–H groups in total. The van der Waals surface area contributed by atoms with Gasteiger partial charge in [0.1, 0.15) is 19.3 Å². The number of ether oxygens (including phenoxy) is 4. The lowest BCUT2D eigenvalue weighted by molar-refractivity contribution is -0.161. The minimum Gasteiger partial charge on any atom is -0.462 e. The van der Waals surface area contributed by atoms with Crippen LogP contribution in [-0.4, -0.2) is 96.7 Å². The fourth-order valence-corrected chi connectivity index (χ4v) is 13.3. The Morgan fingerprint density at radius 1 is 0.253 bits per heavy atom. The predicted octanol–water partition coefficient (Wildman–Crippen LogP) is 22.6. The van der Waals surface area contributed by atoms with Crippen LogP contribution in [0.1, 0.15) is 407 Å². The molecule has 0 saturated carbocycles. The summed E-state index contributed by atoms with van der Waals surface area (Å²) in [5.74, 6) is -2.11. The first-order valence-electron chi connectivity index (χ1n) is 39.8. The molecule has 0 aromatic rings. The molecular formula is C76H148O17P2. The minimum absolute atomic E-state index is 0.108. The lowest BCUT2D eigenvalue weighted by atomic mass is 10.0.